The number of hydrogen-bond acceptors (Lipinski definition) is 9. The van der Waals surface area contributed by atoms with Crippen LogP contribution in [-0.2, 0) is 20.2 Å². The van der Waals surface area contributed by atoms with Crippen LogP contribution in [-0.4, -0.2) is 63.9 Å². The lowest BCUT2D eigenvalue weighted by Gasteiger charge is -2.38. The van der Waals surface area contributed by atoms with Crippen molar-refractivity contribution in [1.29, 1.82) is 0 Å². The number of sulfone groups is 1. The Labute approximate surface area is 248 Å². The number of pyridine rings is 1. The van der Waals surface area contributed by atoms with Crippen LogP contribution in [0.1, 0.15) is 49.7 Å². The Morgan fingerprint density at radius 3 is 2.51 bits per heavy atom. The van der Waals surface area contributed by atoms with Crippen molar-refractivity contribution < 1.29 is 27.0 Å². The summed E-state index contributed by atoms with van der Waals surface area (Å²) in [5.41, 5.74) is 7.09. The summed E-state index contributed by atoms with van der Waals surface area (Å²) in [6.07, 6.45) is 7.76. The van der Waals surface area contributed by atoms with Crippen LogP contribution in [0.15, 0.2) is 48.9 Å². The molecule has 1 saturated carbocycles. The van der Waals surface area contributed by atoms with Crippen molar-refractivity contribution in [3.63, 3.8) is 0 Å². The Kier molecular flexibility index (Phi) is 7.69. The van der Waals surface area contributed by atoms with E-state index >= 15 is 8.78 Å². The summed E-state index contributed by atoms with van der Waals surface area (Å²) in [5.74, 6) is -1.51. The quantitative estimate of drug-likeness (QED) is 0.294. The minimum absolute atomic E-state index is 0.0181. The topological polar surface area (TPSA) is 145 Å². The Bertz CT molecular complexity index is 1740. The standard InChI is InChI=1S/C30H34F2N6O4S/c1-17-11-18(12-24(33)28(17)43(2,40)41)21-5-8-34-16-26(21)36-29-35-15-20-3-4-25(37-38(20)29)27-22(31)13-19(14-23(27)32)30(39)6-9-42-10-7-30/h3-5,8,13-18,24,28,39H,6-7,9-12,33H2,1-2H3,(H,35,36)/t17-,18+,24+,28+/m0/s1. The first kappa shape index (κ1) is 29.5. The molecule has 4 heterocycles. The molecule has 4 atom stereocenters. The van der Waals surface area contributed by atoms with E-state index in [0.717, 1.165) is 17.7 Å². The summed E-state index contributed by atoms with van der Waals surface area (Å²) in [6, 6.07) is 6.87. The molecule has 6 rings (SSSR count). The zero-order valence-electron chi connectivity index (χ0n) is 23.9. The number of halogens is 2. The number of hydrogen-bond donors (Lipinski definition) is 3. The van der Waals surface area contributed by atoms with E-state index in [0.29, 0.717) is 43.2 Å². The molecule has 1 aromatic carbocycles. The molecular formula is C30H34F2N6O4S. The van der Waals surface area contributed by atoms with Crippen LogP contribution in [0.4, 0.5) is 20.4 Å². The SMILES string of the molecule is C[C@H]1C[C@@H](c2ccncc2Nc2ncc3ccc(-c4c(F)cc(C5(O)CCOCC5)cc4F)nn23)C[C@@H](N)[C@@H]1S(C)(=O)=O. The van der Waals surface area contributed by atoms with Crippen molar-refractivity contribution in [2.75, 3.05) is 24.8 Å². The van der Waals surface area contributed by atoms with Gasteiger partial charge in [-0.05, 0) is 66.1 Å². The molecule has 228 valence electrons. The number of anilines is 2. The number of nitrogens with zero attached hydrogens (tertiary/aromatic N) is 4. The predicted octanol–water partition coefficient (Wildman–Crippen LogP) is 4.07. The largest absolute Gasteiger partial charge is 0.385 e. The van der Waals surface area contributed by atoms with Gasteiger partial charge in [0.05, 0.1) is 45.7 Å². The van der Waals surface area contributed by atoms with Crippen LogP contribution in [0.25, 0.3) is 16.8 Å². The van der Waals surface area contributed by atoms with E-state index in [4.69, 9.17) is 10.5 Å². The summed E-state index contributed by atoms with van der Waals surface area (Å²) in [5, 5.41) is 18.1. The van der Waals surface area contributed by atoms with Gasteiger partial charge in [0.2, 0.25) is 5.95 Å². The monoisotopic (exact) mass is 612 g/mol. The fraction of sp³-hybridized carbons (Fsp3) is 0.433. The number of nitrogens with two attached hydrogens (primary N) is 1. The lowest BCUT2D eigenvalue weighted by molar-refractivity contribution is -0.0682. The first-order valence-corrected chi connectivity index (χ1v) is 16.2. The highest BCUT2D eigenvalue weighted by atomic mass is 32.2. The predicted molar refractivity (Wildman–Crippen MR) is 158 cm³/mol. The van der Waals surface area contributed by atoms with Crippen molar-refractivity contribution in [2.45, 2.75) is 55.4 Å². The normalized spacial score (nSPS) is 24.2. The van der Waals surface area contributed by atoms with Crippen LogP contribution >= 0.6 is 0 Å². The molecule has 0 unspecified atom stereocenters. The van der Waals surface area contributed by atoms with Crippen LogP contribution in [0.2, 0.25) is 0 Å². The maximum atomic E-state index is 15.4. The molecule has 2 aliphatic rings. The average molecular weight is 613 g/mol. The minimum Gasteiger partial charge on any atom is -0.385 e. The van der Waals surface area contributed by atoms with Gasteiger partial charge < -0.3 is 20.9 Å². The fourth-order valence-electron chi connectivity index (χ4n) is 6.73. The summed E-state index contributed by atoms with van der Waals surface area (Å²) >= 11 is 0. The van der Waals surface area contributed by atoms with Crippen LogP contribution in [0.5, 0.6) is 0 Å². The molecule has 0 spiro atoms. The highest BCUT2D eigenvalue weighted by Gasteiger charge is 2.40. The van der Waals surface area contributed by atoms with Gasteiger partial charge in [-0.3, -0.25) is 4.98 Å². The van der Waals surface area contributed by atoms with Crippen molar-refractivity contribution in [2.24, 2.45) is 11.7 Å². The van der Waals surface area contributed by atoms with Gasteiger partial charge in [0.1, 0.15) is 11.6 Å². The molecule has 0 bridgehead atoms. The Hall–Kier alpha value is -3.52. The van der Waals surface area contributed by atoms with Gasteiger partial charge in [-0.1, -0.05) is 6.92 Å². The Morgan fingerprint density at radius 1 is 1.12 bits per heavy atom. The van der Waals surface area contributed by atoms with E-state index < -0.39 is 38.4 Å². The molecule has 1 aliphatic carbocycles. The number of imidazole rings is 1. The molecule has 4 aromatic rings. The number of benzene rings is 1. The van der Waals surface area contributed by atoms with Crippen LogP contribution in [0.3, 0.4) is 0 Å². The third kappa shape index (κ3) is 5.62. The third-order valence-electron chi connectivity index (χ3n) is 8.77. The van der Waals surface area contributed by atoms with Gasteiger partial charge in [-0.15, -0.1) is 0 Å². The van der Waals surface area contributed by atoms with E-state index in [1.165, 1.54) is 16.8 Å². The van der Waals surface area contributed by atoms with Gasteiger partial charge in [0, 0.05) is 44.5 Å². The maximum absolute atomic E-state index is 15.4. The number of nitrogens with one attached hydrogen (secondary N) is 1. The van der Waals surface area contributed by atoms with Gasteiger partial charge in [0.15, 0.2) is 9.84 Å². The summed E-state index contributed by atoms with van der Waals surface area (Å²) < 4.78 is 62.2. The molecule has 0 radical (unpaired) electrons. The maximum Gasteiger partial charge on any atom is 0.229 e. The number of aromatic nitrogens is 4. The third-order valence-corrected chi connectivity index (χ3v) is 10.6. The minimum atomic E-state index is -3.30. The molecule has 0 amide bonds. The van der Waals surface area contributed by atoms with Crippen LogP contribution in [0, 0.1) is 17.6 Å². The van der Waals surface area contributed by atoms with Crippen molar-refractivity contribution in [3.8, 4) is 11.3 Å². The Balaban J connectivity index is 1.31. The second-order valence-corrected chi connectivity index (χ2v) is 14.0. The fourth-order valence-corrected chi connectivity index (χ4v) is 8.43. The molecule has 3 aromatic heterocycles. The number of fused-ring (bicyclic) bond motifs is 1. The summed E-state index contributed by atoms with van der Waals surface area (Å²) in [4.78, 5) is 8.70. The molecule has 1 saturated heterocycles. The molecule has 1 aliphatic heterocycles. The molecule has 4 N–H and O–H groups in total. The second kappa shape index (κ2) is 11.2. The molecular weight excluding hydrogens is 578 g/mol. The number of aliphatic hydroxyl groups is 1. The highest BCUT2D eigenvalue weighted by molar-refractivity contribution is 7.91. The van der Waals surface area contributed by atoms with E-state index in [-0.39, 0.29) is 41.5 Å². The van der Waals surface area contributed by atoms with Gasteiger partial charge in [-0.2, -0.15) is 9.61 Å². The smallest absolute Gasteiger partial charge is 0.229 e. The van der Waals surface area contributed by atoms with E-state index in [1.54, 1.807) is 24.7 Å². The van der Waals surface area contributed by atoms with Crippen LogP contribution < -0.4 is 11.1 Å². The number of ether oxygens (including phenoxy) is 1. The lowest BCUT2D eigenvalue weighted by atomic mass is 9.76. The summed E-state index contributed by atoms with van der Waals surface area (Å²) in [7, 11) is -3.30. The van der Waals surface area contributed by atoms with Gasteiger partial charge in [-0.25, -0.2) is 22.2 Å². The van der Waals surface area contributed by atoms with Gasteiger partial charge in [0.25, 0.3) is 0 Å². The molecule has 43 heavy (non-hydrogen) atoms. The Morgan fingerprint density at radius 2 is 1.84 bits per heavy atom. The van der Waals surface area contributed by atoms with E-state index in [9.17, 15) is 13.5 Å². The first-order chi connectivity index (χ1) is 20.4. The zero-order valence-corrected chi connectivity index (χ0v) is 24.7. The average Bonchev–Trinajstić information content (AvgIpc) is 3.34. The molecule has 13 heteroatoms. The van der Waals surface area contributed by atoms with Crippen molar-refractivity contribution in [1.82, 2.24) is 19.6 Å². The van der Waals surface area contributed by atoms with Crippen molar-refractivity contribution in [3.05, 3.63) is 71.7 Å². The van der Waals surface area contributed by atoms with E-state index in [2.05, 4.69) is 20.4 Å². The highest BCUT2D eigenvalue weighted by Crippen LogP contribution is 2.41. The molecule has 2 fully saturated rings. The lowest BCUT2D eigenvalue weighted by Crippen LogP contribution is -2.48. The molecule has 10 nitrogen and oxygen atoms in total. The zero-order chi connectivity index (χ0) is 30.5. The van der Waals surface area contributed by atoms with E-state index in [1.807, 2.05) is 13.0 Å². The second-order valence-electron chi connectivity index (χ2n) is 11.8. The van der Waals surface area contributed by atoms with Gasteiger partial charge >= 0.3 is 0 Å². The summed E-state index contributed by atoms with van der Waals surface area (Å²) in [6.45, 7) is 2.53. The first-order valence-electron chi connectivity index (χ1n) is 14.2. The van der Waals surface area contributed by atoms with Crippen molar-refractivity contribution >= 4 is 27.0 Å². The number of rotatable bonds is 6.